The van der Waals surface area contributed by atoms with Gasteiger partial charge in [0.05, 0.1) is 12.0 Å². The van der Waals surface area contributed by atoms with Gasteiger partial charge in [-0.1, -0.05) is 41.9 Å². The van der Waals surface area contributed by atoms with Crippen LogP contribution in [0.5, 0.6) is 0 Å². The Morgan fingerprint density at radius 2 is 2.10 bits per heavy atom. The molecule has 5 heteroatoms. The molecule has 1 aromatic rings. The molecule has 1 aliphatic rings. The van der Waals surface area contributed by atoms with E-state index in [4.69, 9.17) is 5.73 Å². The maximum absolute atomic E-state index is 11.8. The van der Waals surface area contributed by atoms with Gasteiger partial charge in [0.15, 0.2) is 5.96 Å². The molecule has 1 heterocycles. The Balaban J connectivity index is 0.00000106. The molecule has 1 aliphatic heterocycles. The number of guanidine groups is 1. The number of hydrogen-bond acceptors (Lipinski definition) is 3. The maximum atomic E-state index is 11.8. The van der Waals surface area contributed by atoms with Gasteiger partial charge < -0.3 is 5.73 Å². The quantitative estimate of drug-likeness (QED) is 0.905. The van der Waals surface area contributed by atoms with Gasteiger partial charge in [-0.15, -0.1) is 0 Å². The number of rotatable bonds is 3. The fourth-order valence-electron chi connectivity index (χ4n) is 2.21. The standard InChI is InChI=1S/C14H18BrN3O.C2H6/c1-14(9-12(19)18(2)13(16)17-14)7-6-10-4-3-5-11(15)8-10;1-2/h3-5,8H,6-7,9H2,1-2H3,(H2,16,17);1-2H3/t14-;/m1./s1. The summed E-state index contributed by atoms with van der Waals surface area (Å²) in [7, 11) is 1.66. The number of halogens is 1. The third-order valence-corrected chi connectivity index (χ3v) is 3.97. The summed E-state index contributed by atoms with van der Waals surface area (Å²) in [6.07, 6.45) is 2.10. The summed E-state index contributed by atoms with van der Waals surface area (Å²) in [5.41, 5.74) is 6.62. The van der Waals surface area contributed by atoms with E-state index in [0.29, 0.717) is 12.4 Å². The molecule has 0 saturated carbocycles. The lowest BCUT2D eigenvalue weighted by Gasteiger charge is -2.33. The van der Waals surface area contributed by atoms with E-state index in [1.54, 1.807) is 7.05 Å². The van der Waals surface area contributed by atoms with Crippen molar-refractivity contribution >= 4 is 27.8 Å². The van der Waals surface area contributed by atoms with E-state index >= 15 is 0 Å². The van der Waals surface area contributed by atoms with Crippen molar-refractivity contribution in [3.8, 4) is 0 Å². The Hall–Kier alpha value is -1.36. The molecule has 1 amide bonds. The lowest BCUT2D eigenvalue weighted by Crippen LogP contribution is -2.48. The molecule has 0 fully saturated rings. The molecule has 0 radical (unpaired) electrons. The van der Waals surface area contributed by atoms with E-state index in [1.807, 2.05) is 32.9 Å². The highest BCUT2D eigenvalue weighted by atomic mass is 79.9. The smallest absolute Gasteiger partial charge is 0.231 e. The van der Waals surface area contributed by atoms with Crippen LogP contribution in [-0.4, -0.2) is 29.4 Å². The maximum Gasteiger partial charge on any atom is 0.231 e. The summed E-state index contributed by atoms with van der Waals surface area (Å²) < 4.78 is 1.07. The molecule has 0 unspecified atom stereocenters. The zero-order chi connectivity index (χ0) is 16.0. The Morgan fingerprint density at radius 3 is 2.67 bits per heavy atom. The number of hydrogen-bond donors (Lipinski definition) is 1. The number of aryl methyl sites for hydroxylation is 1. The average Bonchev–Trinajstić information content (AvgIpc) is 2.45. The van der Waals surface area contributed by atoms with Crippen LogP contribution in [0, 0.1) is 0 Å². The molecule has 116 valence electrons. The van der Waals surface area contributed by atoms with Crippen LogP contribution in [0.1, 0.15) is 39.2 Å². The first-order valence-electron chi connectivity index (χ1n) is 7.26. The van der Waals surface area contributed by atoms with E-state index in [2.05, 4.69) is 33.1 Å². The number of nitrogens with zero attached hydrogens (tertiary/aromatic N) is 2. The second kappa shape index (κ2) is 7.59. The van der Waals surface area contributed by atoms with Crippen molar-refractivity contribution in [3.05, 3.63) is 34.3 Å². The molecule has 0 aromatic heterocycles. The minimum absolute atomic E-state index is 0.0317. The first-order valence-corrected chi connectivity index (χ1v) is 8.05. The van der Waals surface area contributed by atoms with Crippen LogP contribution in [0.3, 0.4) is 0 Å². The molecular formula is C16H24BrN3O. The van der Waals surface area contributed by atoms with Crippen LogP contribution in [-0.2, 0) is 11.2 Å². The van der Waals surface area contributed by atoms with Crippen LogP contribution in [0.25, 0.3) is 0 Å². The normalized spacial score (nSPS) is 21.5. The molecule has 0 saturated heterocycles. The summed E-state index contributed by atoms with van der Waals surface area (Å²) >= 11 is 3.46. The number of nitrogens with two attached hydrogens (primary N) is 1. The monoisotopic (exact) mass is 353 g/mol. The Labute approximate surface area is 135 Å². The average molecular weight is 354 g/mol. The first-order chi connectivity index (χ1) is 9.89. The Kier molecular flexibility index (Phi) is 6.40. The molecule has 1 atom stereocenters. The zero-order valence-electron chi connectivity index (χ0n) is 13.2. The molecule has 2 N–H and O–H groups in total. The summed E-state index contributed by atoms with van der Waals surface area (Å²) in [6, 6.07) is 8.19. The first kappa shape index (κ1) is 17.7. The fraction of sp³-hybridized carbons (Fsp3) is 0.500. The van der Waals surface area contributed by atoms with Crippen molar-refractivity contribution in [2.75, 3.05) is 7.05 Å². The predicted octanol–water partition coefficient (Wildman–Crippen LogP) is 3.34. The van der Waals surface area contributed by atoms with Crippen LogP contribution in [0.4, 0.5) is 0 Å². The number of carbonyl (C=O) groups is 1. The summed E-state index contributed by atoms with van der Waals surface area (Å²) in [5.74, 6) is 0.345. The minimum atomic E-state index is -0.393. The summed E-state index contributed by atoms with van der Waals surface area (Å²) in [4.78, 5) is 17.7. The highest BCUT2D eigenvalue weighted by Gasteiger charge is 2.34. The van der Waals surface area contributed by atoms with E-state index < -0.39 is 5.54 Å². The van der Waals surface area contributed by atoms with Gasteiger partial charge in [-0.25, -0.2) is 4.99 Å². The highest BCUT2D eigenvalue weighted by Crippen LogP contribution is 2.27. The van der Waals surface area contributed by atoms with Crippen molar-refractivity contribution in [1.82, 2.24) is 4.90 Å². The third kappa shape index (κ3) is 4.84. The van der Waals surface area contributed by atoms with Crippen molar-refractivity contribution in [1.29, 1.82) is 0 Å². The summed E-state index contributed by atoms with van der Waals surface area (Å²) in [6.45, 7) is 5.99. The molecule has 2 rings (SSSR count). The van der Waals surface area contributed by atoms with E-state index in [0.717, 1.165) is 17.3 Å². The molecule has 0 bridgehead atoms. The van der Waals surface area contributed by atoms with Crippen LogP contribution >= 0.6 is 15.9 Å². The Bertz CT molecular complexity index is 530. The number of amides is 1. The fourth-order valence-corrected chi connectivity index (χ4v) is 2.66. The van der Waals surface area contributed by atoms with Gasteiger partial charge in [-0.2, -0.15) is 0 Å². The third-order valence-electron chi connectivity index (χ3n) is 3.48. The topological polar surface area (TPSA) is 58.7 Å². The van der Waals surface area contributed by atoms with Gasteiger partial charge in [0.2, 0.25) is 5.91 Å². The Morgan fingerprint density at radius 1 is 1.43 bits per heavy atom. The van der Waals surface area contributed by atoms with Crippen molar-refractivity contribution in [2.45, 2.75) is 45.6 Å². The molecule has 0 spiro atoms. The van der Waals surface area contributed by atoms with Gasteiger partial charge >= 0.3 is 0 Å². The number of aliphatic imine (C=N–C) groups is 1. The van der Waals surface area contributed by atoms with E-state index in [1.165, 1.54) is 10.5 Å². The second-order valence-corrected chi connectivity index (χ2v) is 6.14. The molecule has 1 aromatic carbocycles. The zero-order valence-corrected chi connectivity index (χ0v) is 14.8. The van der Waals surface area contributed by atoms with Gasteiger partial charge in [0.1, 0.15) is 0 Å². The van der Waals surface area contributed by atoms with E-state index in [9.17, 15) is 4.79 Å². The molecular weight excluding hydrogens is 330 g/mol. The van der Waals surface area contributed by atoms with Crippen molar-refractivity contribution in [2.24, 2.45) is 10.7 Å². The minimum Gasteiger partial charge on any atom is -0.369 e. The highest BCUT2D eigenvalue weighted by molar-refractivity contribution is 9.10. The van der Waals surface area contributed by atoms with Gasteiger partial charge in [-0.05, 0) is 37.5 Å². The van der Waals surface area contributed by atoms with Gasteiger partial charge in [0.25, 0.3) is 0 Å². The molecule has 4 nitrogen and oxygen atoms in total. The second-order valence-electron chi connectivity index (χ2n) is 5.23. The van der Waals surface area contributed by atoms with Gasteiger partial charge in [0, 0.05) is 11.5 Å². The van der Waals surface area contributed by atoms with Crippen LogP contribution in [0.15, 0.2) is 33.7 Å². The summed E-state index contributed by atoms with van der Waals surface area (Å²) in [5, 5.41) is 0. The van der Waals surface area contributed by atoms with Crippen molar-refractivity contribution in [3.63, 3.8) is 0 Å². The van der Waals surface area contributed by atoms with Crippen LogP contribution in [0.2, 0.25) is 0 Å². The SMILES string of the molecule is CC.CN1C(=O)C[C@@](C)(CCc2cccc(Br)c2)N=C1N. The predicted molar refractivity (Wildman–Crippen MR) is 91.2 cm³/mol. The van der Waals surface area contributed by atoms with E-state index in [-0.39, 0.29) is 5.91 Å². The lowest BCUT2D eigenvalue weighted by atomic mass is 9.89. The van der Waals surface area contributed by atoms with Gasteiger partial charge in [-0.3, -0.25) is 9.69 Å². The van der Waals surface area contributed by atoms with Crippen LogP contribution < -0.4 is 5.73 Å². The molecule has 21 heavy (non-hydrogen) atoms. The molecule has 0 aliphatic carbocycles. The largest absolute Gasteiger partial charge is 0.369 e. The lowest BCUT2D eigenvalue weighted by molar-refractivity contribution is -0.128. The van der Waals surface area contributed by atoms with Crippen molar-refractivity contribution < 1.29 is 4.79 Å². The number of carbonyl (C=O) groups excluding carboxylic acids is 1. The number of benzene rings is 1.